The Morgan fingerprint density at radius 2 is 1.20 bits per heavy atom. The largest absolute Gasteiger partial charge is 0.416 e. The smallest absolute Gasteiger partial charge is 0.392 e. The number of aromatic nitrogens is 2. The van der Waals surface area contributed by atoms with Gasteiger partial charge in [0.15, 0.2) is 20.8 Å². The maximum Gasteiger partial charge on any atom is 0.416 e. The Morgan fingerprint density at radius 1 is 0.800 bits per heavy atom. The highest BCUT2D eigenvalue weighted by atomic mass is 35.5. The molecule has 2 aromatic rings. The number of carbonyl (C=O) groups excluding carboxylic acids is 2. The lowest BCUT2D eigenvalue weighted by molar-refractivity contribution is -0.138. The quantitative estimate of drug-likeness (QED) is 0.261. The second-order valence-electron chi connectivity index (χ2n) is 11.7. The maximum absolute atomic E-state index is 13.0. The number of amides is 2. The van der Waals surface area contributed by atoms with E-state index in [9.17, 15) is 41.0 Å². The maximum atomic E-state index is 13.0. The van der Waals surface area contributed by atoms with Gasteiger partial charge in [-0.05, 0) is 56.2 Å². The van der Waals surface area contributed by atoms with Crippen molar-refractivity contribution in [3.8, 4) is 0 Å². The van der Waals surface area contributed by atoms with E-state index in [-0.39, 0.29) is 37.9 Å². The van der Waals surface area contributed by atoms with E-state index in [4.69, 9.17) is 27.6 Å². The monoisotopic (exact) mass is 698 g/mol. The topological polar surface area (TPSA) is 95.9 Å². The number of rotatable bonds is 4. The first-order valence-electron chi connectivity index (χ1n) is 13.2. The van der Waals surface area contributed by atoms with E-state index in [1.165, 1.54) is 13.8 Å². The van der Waals surface area contributed by atoms with Crippen molar-refractivity contribution < 1.29 is 45.5 Å². The van der Waals surface area contributed by atoms with Crippen LogP contribution in [0.5, 0.6) is 0 Å². The van der Waals surface area contributed by atoms with Crippen molar-refractivity contribution in [2.45, 2.75) is 77.6 Å². The van der Waals surface area contributed by atoms with Crippen LogP contribution in [-0.4, -0.2) is 47.7 Å². The molecule has 8 nitrogen and oxygen atoms in total. The number of anilines is 2. The number of aliphatic hydroxyl groups is 1. The van der Waals surface area contributed by atoms with E-state index in [1.807, 2.05) is 33.9 Å². The van der Waals surface area contributed by atoms with Gasteiger partial charge in [0.1, 0.15) is 11.6 Å². The molecule has 0 saturated heterocycles. The Hall–Kier alpha value is -2.98. The van der Waals surface area contributed by atoms with Crippen molar-refractivity contribution in [3.05, 3.63) is 69.0 Å². The molecule has 0 aliphatic carbocycles. The minimum absolute atomic E-state index is 0.0772. The van der Waals surface area contributed by atoms with E-state index >= 15 is 0 Å². The summed E-state index contributed by atoms with van der Waals surface area (Å²) in [7, 11) is -2.36. The first kappa shape index (κ1) is 36.5. The van der Waals surface area contributed by atoms with E-state index in [1.54, 1.807) is 0 Å². The molecule has 0 aromatic carbocycles. The summed E-state index contributed by atoms with van der Waals surface area (Å²) in [4.78, 5) is 33.8. The van der Waals surface area contributed by atoms with Crippen LogP contribution in [0.4, 0.5) is 38.0 Å². The zero-order valence-corrected chi connectivity index (χ0v) is 27.6. The van der Waals surface area contributed by atoms with Crippen LogP contribution >= 0.6 is 23.2 Å². The number of hydrogen-bond acceptors (Lipinski definition) is 6. The Morgan fingerprint density at radius 3 is 1.58 bits per heavy atom. The van der Waals surface area contributed by atoms with Gasteiger partial charge in [-0.2, -0.15) is 26.3 Å². The molecule has 45 heavy (non-hydrogen) atoms. The number of hydrogen-bond donors (Lipinski definition) is 1. The zero-order valence-electron chi connectivity index (χ0n) is 25.1. The first-order chi connectivity index (χ1) is 20.4. The Balaban J connectivity index is 0.000000257. The van der Waals surface area contributed by atoms with Crippen molar-refractivity contribution >= 4 is 55.0 Å². The third kappa shape index (κ3) is 7.54. The van der Waals surface area contributed by atoms with Crippen LogP contribution in [0.2, 0.25) is 18.1 Å². The Labute approximate surface area is 266 Å². The molecule has 2 unspecified atom stereocenters. The summed E-state index contributed by atoms with van der Waals surface area (Å²) < 4.78 is 83.1. The van der Waals surface area contributed by atoms with E-state index in [2.05, 4.69) is 9.97 Å². The van der Waals surface area contributed by atoms with E-state index < -0.39 is 56.1 Å². The molecule has 4 heterocycles. The summed E-state index contributed by atoms with van der Waals surface area (Å²) in [5.41, 5.74) is -1.52. The number of aliphatic hydroxyl groups excluding tert-OH is 1. The minimum Gasteiger partial charge on any atom is -0.392 e. The molecule has 2 aliphatic rings. The van der Waals surface area contributed by atoms with Gasteiger partial charge < -0.3 is 9.53 Å². The molecular formula is C28H30Cl2F6N4O4Si. The molecule has 2 atom stereocenters. The van der Waals surface area contributed by atoms with Crippen LogP contribution in [0.1, 0.15) is 45.7 Å². The van der Waals surface area contributed by atoms with Gasteiger partial charge in [0.05, 0.1) is 21.2 Å². The molecule has 17 heteroatoms. The molecule has 0 radical (unpaired) electrons. The van der Waals surface area contributed by atoms with Gasteiger partial charge in [0.25, 0.3) is 11.8 Å². The number of alkyl halides is 6. The fraction of sp³-hybridized carbons (Fsp3) is 0.429. The Bertz CT molecular complexity index is 1560. The van der Waals surface area contributed by atoms with Crippen molar-refractivity contribution in [3.63, 3.8) is 0 Å². The summed E-state index contributed by atoms with van der Waals surface area (Å²) in [6.07, 6.45) is -9.64. The SMILES string of the molecule is CC1=C(Cl)C(O)N(c2cc(C(F)(F)F)ccn2)C1=O.CC1=C(Cl)C(O[Si](C)(C)C(C)(C)C)N(c2cc(C(F)(F)F)ccn2)C1=O. The predicted octanol–water partition coefficient (Wildman–Crippen LogP) is 7.59. The Kier molecular flexibility index (Phi) is 10.3. The van der Waals surface area contributed by atoms with Gasteiger partial charge in [0, 0.05) is 23.5 Å². The molecule has 0 fully saturated rings. The summed E-state index contributed by atoms with van der Waals surface area (Å²) >= 11 is 12.0. The van der Waals surface area contributed by atoms with Gasteiger partial charge in [-0.25, -0.2) is 9.97 Å². The van der Waals surface area contributed by atoms with E-state index in [0.29, 0.717) is 11.0 Å². The molecule has 2 aliphatic heterocycles. The molecule has 1 N–H and O–H groups in total. The van der Waals surface area contributed by atoms with Crippen molar-refractivity contribution in [1.29, 1.82) is 0 Å². The molecular weight excluding hydrogens is 669 g/mol. The first-order valence-corrected chi connectivity index (χ1v) is 16.9. The van der Waals surface area contributed by atoms with Crippen LogP contribution in [0.15, 0.2) is 57.9 Å². The standard InChI is InChI=1S/C17H22ClF3N2O2Si.C11H8ClF3N2O2/c1-10-13(18)15(25-26(5,6)16(2,3)4)23(14(10)24)12-9-11(7-8-22-12)17(19,20)21;1-5-8(12)10(19)17(9(5)18)7-4-6(2-3-16-7)11(13,14)15/h7-9,15H,1-6H3;2-4,10,19H,1H3. The molecule has 0 spiro atoms. The highest BCUT2D eigenvalue weighted by molar-refractivity contribution is 6.74. The average Bonchev–Trinajstić information content (AvgIpc) is 3.25. The summed E-state index contributed by atoms with van der Waals surface area (Å²) in [6.45, 7) is 12.9. The summed E-state index contributed by atoms with van der Waals surface area (Å²) in [5, 5.41) is 9.63. The number of nitrogens with zero attached hydrogens (tertiary/aromatic N) is 4. The molecule has 2 aromatic heterocycles. The normalized spacial score (nSPS) is 19.9. The predicted molar refractivity (Wildman–Crippen MR) is 159 cm³/mol. The molecule has 2 amide bonds. The van der Waals surface area contributed by atoms with E-state index in [0.717, 1.165) is 35.5 Å². The van der Waals surface area contributed by atoms with Crippen molar-refractivity contribution in [2.24, 2.45) is 0 Å². The molecule has 0 bridgehead atoms. The highest BCUT2D eigenvalue weighted by Gasteiger charge is 2.47. The highest BCUT2D eigenvalue weighted by Crippen LogP contribution is 2.43. The van der Waals surface area contributed by atoms with Gasteiger partial charge in [-0.3, -0.25) is 19.4 Å². The lowest BCUT2D eigenvalue weighted by atomic mass is 10.2. The summed E-state index contributed by atoms with van der Waals surface area (Å²) in [6, 6.07) is 3.15. The minimum atomic E-state index is -4.56. The lowest BCUT2D eigenvalue weighted by Crippen LogP contribution is -2.49. The molecule has 0 saturated carbocycles. The molecule has 4 rings (SSSR count). The fourth-order valence-electron chi connectivity index (χ4n) is 3.86. The number of carbonyl (C=O) groups is 2. The van der Waals surface area contributed by atoms with Gasteiger partial charge >= 0.3 is 12.4 Å². The zero-order chi connectivity index (χ0) is 34.4. The van der Waals surface area contributed by atoms with Gasteiger partial charge in [0.2, 0.25) is 0 Å². The average molecular weight is 700 g/mol. The number of halogens is 8. The van der Waals surface area contributed by atoms with Crippen LogP contribution < -0.4 is 9.80 Å². The number of pyridine rings is 2. The molecule has 246 valence electrons. The van der Waals surface area contributed by atoms with Gasteiger partial charge in [-0.15, -0.1) is 0 Å². The lowest BCUT2D eigenvalue weighted by Gasteiger charge is -2.40. The van der Waals surface area contributed by atoms with Crippen molar-refractivity contribution in [2.75, 3.05) is 9.80 Å². The second-order valence-corrected chi connectivity index (χ2v) is 17.3. The van der Waals surface area contributed by atoms with Crippen molar-refractivity contribution in [1.82, 2.24) is 9.97 Å². The third-order valence-corrected chi connectivity index (χ3v) is 12.9. The van der Waals surface area contributed by atoms with Crippen LogP contribution in [0.25, 0.3) is 0 Å². The van der Waals surface area contributed by atoms with Crippen LogP contribution in [0.3, 0.4) is 0 Å². The van der Waals surface area contributed by atoms with Gasteiger partial charge in [-0.1, -0.05) is 44.0 Å². The van der Waals surface area contributed by atoms with Crippen LogP contribution in [0, 0.1) is 0 Å². The second kappa shape index (κ2) is 12.7. The van der Waals surface area contributed by atoms with Crippen LogP contribution in [-0.2, 0) is 26.4 Å². The third-order valence-electron chi connectivity index (χ3n) is 7.57. The summed E-state index contributed by atoms with van der Waals surface area (Å²) in [5.74, 6) is -1.62. The fourth-order valence-corrected chi connectivity index (χ4v) is 5.47.